The van der Waals surface area contributed by atoms with Gasteiger partial charge in [0.1, 0.15) is 12.6 Å². The quantitative estimate of drug-likeness (QED) is 0.540. The molecule has 2 aromatic rings. The number of benzene rings is 2. The molecule has 2 aliphatic rings. The second kappa shape index (κ2) is 10.3. The standard InChI is InChI=1S/C27H32N2O5/c1-3-16(2)24(25(30)28-18-13-12-17(14-18)26(31)32)29-27(33)34-15-23-21-10-6-4-8-19(21)20-9-5-7-11-22(20)23/h4-11,16-18,23-24H,3,12-15H2,1-2H3,(H,28,30)(H,29,33)(H,31,32)/t16-,17+,18-,24-/m0/s1. The number of carboxylic acid groups (broad SMARTS) is 1. The van der Waals surface area contributed by atoms with E-state index < -0.39 is 24.0 Å². The number of alkyl carbamates (subject to hydrolysis) is 1. The zero-order valence-corrected chi connectivity index (χ0v) is 19.6. The molecule has 7 nitrogen and oxygen atoms in total. The lowest BCUT2D eigenvalue weighted by atomic mass is 9.97. The smallest absolute Gasteiger partial charge is 0.407 e. The first kappa shape index (κ1) is 23.8. The highest BCUT2D eigenvalue weighted by Crippen LogP contribution is 2.44. The van der Waals surface area contributed by atoms with Crippen molar-refractivity contribution in [2.45, 2.75) is 57.5 Å². The Hall–Kier alpha value is -3.35. The molecule has 180 valence electrons. The summed E-state index contributed by atoms with van der Waals surface area (Å²) in [5, 5.41) is 14.9. The fourth-order valence-corrected chi connectivity index (χ4v) is 5.10. The van der Waals surface area contributed by atoms with Crippen LogP contribution in [0.3, 0.4) is 0 Å². The Kier molecular flexibility index (Phi) is 7.20. The molecule has 0 saturated heterocycles. The van der Waals surface area contributed by atoms with Crippen LogP contribution < -0.4 is 10.6 Å². The average Bonchev–Trinajstić information content (AvgIpc) is 3.43. The van der Waals surface area contributed by atoms with Crippen LogP contribution in [0.25, 0.3) is 11.1 Å². The van der Waals surface area contributed by atoms with Crippen LogP contribution in [0.4, 0.5) is 4.79 Å². The van der Waals surface area contributed by atoms with Crippen molar-refractivity contribution in [2.75, 3.05) is 6.61 Å². The van der Waals surface area contributed by atoms with Crippen molar-refractivity contribution < 1.29 is 24.2 Å². The molecule has 4 atom stereocenters. The third kappa shape index (κ3) is 4.93. The monoisotopic (exact) mass is 464 g/mol. The van der Waals surface area contributed by atoms with Crippen molar-refractivity contribution in [1.82, 2.24) is 10.6 Å². The van der Waals surface area contributed by atoms with E-state index in [0.29, 0.717) is 25.7 Å². The van der Waals surface area contributed by atoms with Crippen molar-refractivity contribution in [3.05, 3.63) is 59.7 Å². The summed E-state index contributed by atoms with van der Waals surface area (Å²) in [6.45, 7) is 4.04. The van der Waals surface area contributed by atoms with Crippen molar-refractivity contribution in [3.8, 4) is 11.1 Å². The molecule has 0 unspecified atom stereocenters. The molecule has 0 radical (unpaired) electrons. The highest BCUT2D eigenvalue weighted by Gasteiger charge is 2.34. The Balaban J connectivity index is 1.38. The Morgan fingerprint density at radius 2 is 1.65 bits per heavy atom. The summed E-state index contributed by atoms with van der Waals surface area (Å²) >= 11 is 0. The van der Waals surface area contributed by atoms with Crippen molar-refractivity contribution in [3.63, 3.8) is 0 Å². The molecular formula is C27H32N2O5. The van der Waals surface area contributed by atoms with E-state index in [2.05, 4.69) is 34.9 Å². The Morgan fingerprint density at radius 1 is 1.03 bits per heavy atom. The number of hydrogen-bond donors (Lipinski definition) is 3. The van der Waals surface area contributed by atoms with E-state index in [9.17, 15) is 19.5 Å². The molecule has 2 aliphatic carbocycles. The zero-order valence-electron chi connectivity index (χ0n) is 19.6. The van der Waals surface area contributed by atoms with Gasteiger partial charge in [-0.05, 0) is 47.4 Å². The Morgan fingerprint density at radius 3 is 2.21 bits per heavy atom. The minimum absolute atomic E-state index is 0.0551. The largest absolute Gasteiger partial charge is 0.481 e. The predicted octanol–water partition coefficient (Wildman–Crippen LogP) is 4.31. The maximum Gasteiger partial charge on any atom is 0.407 e. The summed E-state index contributed by atoms with van der Waals surface area (Å²) < 4.78 is 5.63. The second-order valence-corrected chi connectivity index (χ2v) is 9.39. The summed E-state index contributed by atoms with van der Waals surface area (Å²) in [6.07, 6.45) is 1.66. The molecule has 0 aromatic heterocycles. The molecular weight excluding hydrogens is 432 g/mol. The van der Waals surface area contributed by atoms with Crippen LogP contribution in [-0.2, 0) is 14.3 Å². The molecule has 1 fully saturated rings. The molecule has 1 saturated carbocycles. The van der Waals surface area contributed by atoms with Crippen LogP contribution in [0.1, 0.15) is 56.6 Å². The van der Waals surface area contributed by atoms with E-state index in [-0.39, 0.29) is 30.4 Å². The molecule has 2 aromatic carbocycles. The fourth-order valence-electron chi connectivity index (χ4n) is 5.10. The third-order valence-electron chi connectivity index (χ3n) is 7.24. The van der Waals surface area contributed by atoms with Gasteiger partial charge in [-0.2, -0.15) is 0 Å². The predicted molar refractivity (Wildman–Crippen MR) is 128 cm³/mol. The summed E-state index contributed by atoms with van der Waals surface area (Å²) in [7, 11) is 0. The maximum absolute atomic E-state index is 13.0. The lowest BCUT2D eigenvalue weighted by Gasteiger charge is -2.25. The van der Waals surface area contributed by atoms with Gasteiger partial charge in [-0.25, -0.2) is 4.79 Å². The number of fused-ring (bicyclic) bond motifs is 3. The summed E-state index contributed by atoms with van der Waals surface area (Å²) in [5.41, 5.74) is 4.56. The maximum atomic E-state index is 13.0. The minimum Gasteiger partial charge on any atom is -0.481 e. The summed E-state index contributed by atoms with van der Waals surface area (Å²) in [4.78, 5) is 36.9. The highest BCUT2D eigenvalue weighted by atomic mass is 16.5. The molecule has 34 heavy (non-hydrogen) atoms. The van der Waals surface area contributed by atoms with Gasteiger partial charge >= 0.3 is 12.1 Å². The Labute approximate surface area is 199 Å². The molecule has 4 rings (SSSR count). The number of nitrogens with one attached hydrogen (secondary N) is 2. The lowest BCUT2D eigenvalue weighted by molar-refractivity contribution is -0.141. The number of aliphatic carboxylic acids is 1. The number of carboxylic acids is 1. The molecule has 0 heterocycles. The molecule has 2 amide bonds. The second-order valence-electron chi connectivity index (χ2n) is 9.39. The normalized spacial score (nSPS) is 20.6. The first-order valence-corrected chi connectivity index (χ1v) is 12.0. The van der Waals surface area contributed by atoms with Gasteiger partial charge in [0.15, 0.2) is 0 Å². The van der Waals surface area contributed by atoms with Gasteiger partial charge in [0, 0.05) is 12.0 Å². The van der Waals surface area contributed by atoms with E-state index in [1.54, 1.807) is 0 Å². The van der Waals surface area contributed by atoms with E-state index in [0.717, 1.165) is 22.3 Å². The summed E-state index contributed by atoms with van der Waals surface area (Å²) in [5.74, 6) is -1.70. The van der Waals surface area contributed by atoms with Gasteiger partial charge in [0.05, 0.1) is 5.92 Å². The van der Waals surface area contributed by atoms with E-state index in [1.165, 1.54) is 0 Å². The lowest BCUT2D eigenvalue weighted by Crippen LogP contribution is -2.52. The van der Waals surface area contributed by atoms with Gasteiger partial charge in [-0.1, -0.05) is 68.8 Å². The number of rotatable bonds is 8. The number of carbonyl (C=O) groups is 3. The van der Waals surface area contributed by atoms with Crippen molar-refractivity contribution in [2.24, 2.45) is 11.8 Å². The van der Waals surface area contributed by atoms with E-state index in [4.69, 9.17) is 4.74 Å². The van der Waals surface area contributed by atoms with E-state index >= 15 is 0 Å². The average molecular weight is 465 g/mol. The first-order chi connectivity index (χ1) is 16.4. The number of ether oxygens (including phenoxy) is 1. The van der Waals surface area contributed by atoms with Crippen molar-refractivity contribution in [1.29, 1.82) is 0 Å². The number of amides is 2. The third-order valence-corrected chi connectivity index (χ3v) is 7.24. The topological polar surface area (TPSA) is 105 Å². The molecule has 0 bridgehead atoms. The highest BCUT2D eigenvalue weighted by molar-refractivity contribution is 5.86. The van der Waals surface area contributed by atoms with Crippen LogP contribution >= 0.6 is 0 Å². The van der Waals surface area contributed by atoms with Gasteiger partial charge in [-0.15, -0.1) is 0 Å². The van der Waals surface area contributed by atoms with E-state index in [1.807, 2.05) is 38.1 Å². The van der Waals surface area contributed by atoms with Gasteiger partial charge in [0.25, 0.3) is 0 Å². The SMILES string of the molecule is CC[C@H](C)[C@H](NC(=O)OCC1c2ccccc2-c2ccccc21)C(=O)N[C@H]1CC[C@@H](C(=O)O)C1. The van der Waals surface area contributed by atoms with Crippen molar-refractivity contribution >= 4 is 18.0 Å². The summed E-state index contributed by atoms with van der Waals surface area (Å²) in [6, 6.07) is 15.3. The van der Waals surface area contributed by atoms with Gasteiger partial charge in [-0.3, -0.25) is 9.59 Å². The first-order valence-electron chi connectivity index (χ1n) is 12.0. The Bertz CT molecular complexity index is 1020. The van der Waals surface area contributed by atoms with Crippen LogP contribution in [0.5, 0.6) is 0 Å². The number of carbonyl (C=O) groups excluding carboxylic acids is 2. The minimum atomic E-state index is -0.827. The molecule has 0 aliphatic heterocycles. The van der Waals surface area contributed by atoms with Crippen LogP contribution in [0.15, 0.2) is 48.5 Å². The van der Waals surface area contributed by atoms with Crippen LogP contribution in [0.2, 0.25) is 0 Å². The molecule has 3 N–H and O–H groups in total. The van der Waals surface area contributed by atoms with Gasteiger partial charge < -0.3 is 20.5 Å². The zero-order chi connectivity index (χ0) is 24.2. The molecule has 0 spiro atoms. The molecule has 7 heteroatoms. The van der Waals surface area contributed by atoms with Crippen LogP contribution in [0, 0.1) is 11.8 Å². The van der Waals surface area contributed by atoms with Gasteiger partial charge in [0.2, 0.25) is 5.91 Å². The fraction of sp³-hybridized carbons (Fsp3) is 0.444. The number of hydrogen-bond acceptors (Lipinski definition) is 4. The van der Waals surface area contributed by atoms with Crippen LogP contribution in [-0.4, -0.2) is 41.8 Å².